The first kappa shape index (κ1) is 15.9. The fraction of sp³-hybridized carbons (Fsp3) is 0.538. The predicted molar refractivity (Wildman–Crippen MR) is 67.2 cm³/mol. The smallest absolute Gasteiger partial charge is 0.331 e. The molecule has 0 aromatic heterocycles. The first-order chi connectivity index (χ1) is 9.38. The van der Waals surface area contributed by atoms with Gasteiger partial charge in [0.1, 0.15) is 6.61 Å². The molecule has 20 heavy (non-hydrogen) atoms. The summed E-state index contributed by atoms with van der Waals surface area (Å²) in [5, 5.41) is 0. The molecule has 1 aliphatic rings. The largest absolute Gasteiger partial charge is 0.466 e. The van der Waals surface area contributed by atoms with E-state index in [1.807, 2.05) is 0 Å². The molecule has 0 radical (unpaired) electrons. The molecule has 2 atom stereocenters. The van der Waals surface area contributed by atoms with E-state index in [4.69, 9.17) is 4.74 Å². The van der Waals surface area contributed by atoms with Gasteiger partial charge in [0.25, 0.3) is 0 Å². The van der Waals surface area contributed by atoms with Gasteiger partial charge in [-0.05, 0) is 0 Å². The summed E-state index contributed by atoms with van der Waals surface area (Å²) in [6, 6.07) is 0. The van der Waals surface area contributed by atoms with E-state index >= 15 is 0 Å². The highest BCUT2D eigenvalue weighted by atomic mass is 16.5. The number of hydrogen-bond acceptors (Lipinski definition) is 6. The molecule has 0 saturated carbocycles. The number of ether oxygens (including phenoxy) is 2. The van der Waals surface area contributed by atoms with Crippen LogP contribution in [0.15, 0.2) is 12.2 Å². The molecular weight excluding hydrogens is 266 g/mol. The molecular formula is C13H17NO6. The summed E-state index contributed by atoms with van der Waals surface area (Å²) >= 11 is 0. The van der Waals surface area contributed by atoms with Gasteiger partial charge in [0.05, 0.1) is 13.7 Å². The van der Waals surface area contributed by atoms with Crippen molar-refractivity contribution in [1.29, 1.82) is 0 Å². The number of hydrogen-bond donors (Lipinski definition) is 0. The lowest BCUT2D eigenvalue weighted by Crippen LogP contribution is -2.34. The number of esters is 2. The van der Waals surface area contributed by atoms with E-state index < -0.39 is 11.9 Å². The van der Waals surface area contributed by atoms with Crippen LogP contribution in [0.4, 0.5) is 0 Å². The van der Waals surface area contributed by atoms with Crippen LogP contribution in [0.2, 0.25) is 0 Å². The van der Waals surface area contributed by atoms with Crippen LogP contribution in [0.3, 0.4) is 0 Å². The molecule has 110 valence electrons. The zero-order valence-corrected chi connectivity index (χ0v) is 11.6. The van der Waals surface area contributed by atoms with Crippen LogP contribution in [0.5, 0.6) is 0 Å². The third-order valence-corrected chi connectivity index (χ3v) is 3.18. The second-order valence-electron chi connectivity index (χ2n) is 4.43. The number of carbonyl (C=O) groups is 4. The van der Waals surface area contributed by atoms with E-state index in [0.717, 1.165) is 17.1 Å². The molecule has 0 N–H and O–H groups in total. The van der Waals surface area contributed by atoms with E-state index in [1.165, 1.54) is 7.11 Å². The maximum atomic E-state index is 11.7. The van der Waals surface area contributed by atoms with Crippen LogP contribution in [0, 0.1) is 11.8 Å². The topological polar surface area (TPSA) is 90.0 Å². The maximum Gasteiger partial charge on any atom is 0.331 e. The Hall–Kier alpha value is -2.18. The van der Waals surface area contributed by atoms with Crippen LogP contribution in [0.1, 0.15) is 13.8 Å². The van der Waals surface area contributed by atoms with E-state index in [9.17, 15) is 19.2 Å². The molecule has 1 saturated heterocycles. The monoisotopic (exact) mass is 283 g/mol. The molecule has 1 fully saturated rings. The molecule has 1 unspecified atom stereocenters. The molecule has 1 heterocycles. The Morgan fingerprint density at radius 2 is 1.60 bits per heavy atom. The molecule has 2 amide bonds. The third-order valence-electron chi connectivity index (χ3n) is 3.18. The van der Waals surface area contributed by atoms with Crippen molar-refractivity contribution >= 4 is 23.8 Å². The summed E-state index contributed by atoms with van der Waals surface area (Å²) in [5.41, 5.74) is 0. The average molecular weight is 283 g/mol. The SMILES string of the molecule is COC(=O)/C=C/C(=O)OCCN1C(=O)C(C)[C@H](C)C1=O. The minimum absolute atomic E-state index is 0.0180. The van der Waals surface area contributed by atoms with Crippen molar-refractivity contribution in [3.8, 4) is 0 Å². The highest BCUT2D eigenvalue weighted by Crippen LogP contribution is 2.24. The highest BCUT2D eigenvalue weighted by Gasteiger charge is 2.41. The lowest BCUT2D eigenvalue weighted by atomic mass is 10.00. The maximum absolute atomic E-state index is 11.7. The van der Waals surface area contributed by atoms with E-state index in [-0.39, 0.29) is 36.8 Å². The average Bonchev–Trinajstić information content (AvgIpc) is 2.62. The molecule has 0 aromatic rings. The lowest BCUT2D eigenvalue weighted by Gasteiger charge is -2.13. The van der Waals surface area contributed by atoms with Gasteiger partial charge in [-0.15, -0.1) is 0 Å². The van der Waals surface area contributed by atoms with Crippen LogP contribution in [-0.2, 0) is 28.7 Å². The Kier molecular flexibility index (Phi) is 5.42. The number of nitrogens with zero attached hydrogens (tertiary/aromatic N) is 1. The van der Waals surface area contributed by atoms with Crippen molar-refractivity contribution in [2.75, 3.05) is 20.3 Å². The standard InChI is InChI=1S/C13H17NO6/c1-8-9(2)13(18)14(12(8)17)6-7-20-11(16)5-4-10(15)19-3/h4-5,8-9H,6-7H2,1-3H3/b5-4+/t8-,9?/m0/s1. The van der Waals surface area contributed by atoms with Crippen LogP contribution in [-0.4, -0.2) is 48.9 Å². The summed E-state index contributed by atoms with van der Waals surface area (Å²) in [6.07, 6.45) is 1.85. The van der Waals surface area contributed by atoms with Crippen LogP contribution < -0.4 is 0 Å². The molecule has 0 spiro atoms. The number of carbonyl (C=O) groups excluding carboxylic acids is 4. The van der Waals surface area contributed by atoms with Gasteiger partial charge in [-0.25, -0.2) is 9.59 Å². The summed E-state index contributed by atoms with van der Waals surface area (Å²) < 4.78 is 9.09. The van der Waals surface area contributed by atoms with Gasteiger partial charge >= 0.3 is 11.9 Å². The number of imide groups is 1. The van der Waals surface area contributed by atoms with Gasteiger partial charge in [-0.1, -0.05) is 13.8 Å². The second kappa shape index (κ2) is 6.83. The summed E-state index contributed by atoms with van der Waals surface area (Å²) in [6.45, 7) is 3.29. The zero-order valence-electron chi connectivity index (χ0n) is 11.6. The summed E-state index contributed by atoms with van der Waals surface area (Å²) in [5.74, 6) is -2.63. The minimum atomic E-state index is -0.740. The fourth-order valence-corrected chi connectivity index (χ4v) is 1.74. The molecule has 1 aliphatic heterocycles. The van der Waals surface area contributed by atoms with Crippen LogP contribution >= 0.6 is 0 Å². The highest BCUT2D eigenvalue weighted by molar-refractivity contribution is 6.04. The van der Waals surface area contributed by atoms with Crippen molar-refractivity contribution < 1.29 is 28.7 Å². The number of amides is 2. The van der Waals surface area contributed by atoms with Crippen molar-refractivity contribution in [3.05, 3.63) is 12.2 Å². The molecule has 0 bridgehead atoms. The summed E-state index contributed by atoms with van der Waals surface area (Å²) in [4.78, 5) is 46.5. The molecule has 7 heteroatoms. The number of methoxy groups -OCH3 is 1. The Labute approximate surface area is 116 Å². The first-order valence-corrected chi connectivity index (χ1v) is 6.16. The molecule has 0 aromatic carbocycles. The van der Waals surface area contributed by atoms with Crippen molar-refractivity contribution in [2.45, 2.75) is 13.8 Å². The molecule has 7 nitrogen and oxygen atoms in total. The summed E-state index contributed by atoms with van der Waals surface area (Å²) in [7, 11) is 1.19. The van der Waals surface area contributed by atoms with Gasteiger partial charge in [0.15, 0.2) is 0 Å². The van der Waals surface area contributed by atoms with Crippen LogP contribution in [0.25, 0.3) is 0 Å². The molecule has 1 rings (SSSR count). The number of likely N-dealkylation sites (tertiary alicyclic amines) is 1. The van der Waals surface area contributed by atoms with Gasteiger partial charge in [0.2, 0.25) is 11.8 Å². The van der Waals surface area contributed by atoms with E-state index in [1.54, 1.807) is 13.8 Å². The zero-order chi connectivity index (χ0) is 15.3. The molecule has 0 aliphatic carbocycles. The Bertz CT molecular complexity index is 436. The van der Waals surface area contributed by atoms with Gasteiger partial charge < -0.3 is 9.47 Å². The fourth-order valence-electron chi connectivity index (χ4n) is 1.74. The quantitative estimate of drug-likeness (QED) is 0.397. The second-order valence-corrected chi connectivity index (χ2v) is 4.43. The normalized spacial score (nSPS) is 22.4. The van der Waals surface area contributed by atoms with Gasteiger partial charge in [-0.2, -0.15) is 0 Å². The Balaban J connectivity index is 2.40. The van der Waals surface area contributed by atoms with Crippen molar-refractivity contribution in [2.24, 2.45) is 11.8 Å². The van der Waals surface area contributed by atoms with E-state index in [2.05, 4.69) is 4.74 Å². The van der Waals surface area contributed by atoms with Gasteiger partial charge in [0, 0.05) is 24.0 Å². The van der Waals surface area contributed by atoms with Crippen molar-refractivity contribution in [3.63, 3.8) is 0 Å². The predicted octanol–water partition coefficient (Wildman–Crippen LogP) is -0.100. The minimum Gasteiger partial charge on any atom is -0.466 e. The van der Waals surface area contributed by atoms with Crippen molar-refractivity contribution in [1.82, 2.24) is 4.90 Å². The number of rotatable bonds is 5. The Morgan fingerprint density at radius 1 is 1.10 bits per heavy atom. The lowest BCUT2D eigenvalue weighted by molar-refractivity contribution is -0.145. The van der Waals surface area contributed by atoms with E-state index in [0.29, 0.717) is 0 Å². The third kappa shape index (κ3) is 3.66. The Morgan fingerprint density at radius 3 is 2.10 bits per heavy atom. The first-order valence-electron chi connectivity index (χ1n) is 6.16. The van der Waals surface area contributed by atoms with Gasteiger partial charge in [-0.3, -0.25) is 14.5 Å².